The molecule has 0 radical (unpaired) electrons. The molecule has 146 valence electrons. The highest BCUT2D eigenvalue weighted by atomic mass is 19.4. The van der Waals surface area contributed by atoms with Gasteiger partial charge in [-0.25, -0.2) is 4.39 Å². The molecule has 0 aliphatic rings. The molecule has 0 saturated heterocycles. The van der Waals surface area contributed by atoms with E-state index in [9.17, 15) is 27.2 Å². The first kappa shape index (κ1) is 19.6. The van der Waals surface area contributed by atoms with Crippen molar-refractivity contribution in [2.24, 2.45) is 7.05 Å². The Morgan fingerprint density at radius 2 is 1.86 bits per heavy atom. The van der Waals surface area contributed by atoms with Gasteiger partial charge in [-0.05, 0) is 42.3 Å². The molecule has 3 rings (SSSR count). The fraction of sp³-hybridized carbons (Fsp3) is 0.200. The van der Waals surface area contributed by atoms with Crippen LogP contribution in [-0.4, -0.2) is 10.5 Å². The fourth-order valence-electron chi connectivity index (χ4n) is 3.06. The number of rotatable bonds is 3. The second kappa shape index (κ2) is 7.10. The molecule has 3 aromatic rings. The Balaban J connectivity index is 2.01. The van der Waals surface area contributed by atoms with E-state index >= 15 is 0 Å². The number of nitrogens with one attached hydrogen (secondary N) is 1. The Morgan fingerprint density at radius 1 is 1.14 bits per heavy atom. The molecular weight excluding hydrogens is 376 g/mol. The number of alkyl halides is 3. The summed E-state index contributed by atoms with van der Waals surface area (Å²) in [6.07, 6.45) is -4.54. The molecule has 8 heteroatoms. The predicted molar refractivity (Wildman–Crippen MR) is 96.5 cm³/mol. The van der Waals surface area contributed by atoms with Crippen molar-refractivity contribution in [3.05, 3.63) is 80.9 Å². The lowest BCUT2D eigenvalue weighted by Gasteiger charge is -2.15. The van der Waals surface area contributed by atoms with Crippen LogP contribution >= 0.6 is 0 Å². The number of carbonyl (C=O) groups excluding carboxylic acids is 1. The molecule has 0 unspecified atom stereocenters. The number of amides is 1. The summed E-state index contributed by atoms with van der Waals surface area (Å²) in [5.41, 5.74) is -0.869. The molecule has 0 aliphatic heterocycles. The van der Waals surface area contributed by atoms with Gasteiger partial charge in [0.1, 0.15) is 11.4 Å². The molecule has 0 aliphatic carbocycles. The summed E-state index contributed by atoms with van der Waals surface area (Å²) in [4.78, 5) is 25.2. The van der Waals surface area contributed by atoms with Gasteiger partial charge in [0.2, 0.25) is 0 Å². The first-order valence-corrected chi connectivity index (χ1v) is 8.33. The Bertz CT molecular complexity index is 1130. The van der Waals surface area contributed by atoms with E-state index in [1.165, 1.54) is 38.2 Å². The zero-order valence-corrected chi connectivity index (χ0v) is 15.0. The number of hydrogen-bond donors (Lipinski definition) is 1. The summed E-state index contributed by atoms with van der Waals surface area (Å²) < 4.78 is 53.2. The fourth-order valence-corrected chi connectivity index (χ4v) is 3.06. The summed E-state index contributed by atoms with van der Waals surface area (Å²) in [5, 5.41) is 2.92. The highest BCUT2D eigenvalue weighted by Gasteiger charge is 2.31. The Kier molecular flexibility index (Phi) is 4.97. The minimum atomic E-state index is -4.54. The van der Waals surface area contributed by atoms with E-state index in [2.05, 4.69) is 5.32 Å². The molecule has 0 bridgehead atoms. The first-order valence-electron chi connectivity index (χ1n) is 8.33. The van der Waals surface area contributed by atoms with Crippen molar-refractivity contribution in [2.75, 3.05) is 0 Å². The van der Waals surface area contributed by atoms with Gasteiger partial charge in [-0.15, -0.1) is 0 Å². The van der Waals surface area contributed by atoms with E-state index in [-0.39, 0.29) is 23.2 Å². The van der Waals surface area contributed by atoms with Gasteiger partial charge >= 0.3 is 6.18 Å². The number of pyridine rings is 1. The van der Waals surface area contributed by atoms with Gasteiger partial charge in [0.15, 0.2) is 0 Å². The van der Waals surface area contributed by atoms with Crippen LogP contribution in [0, 0.1) is 12.7 Å². The van der Waals surface area contributed by atoms with Crippen LogP contribution in [0.4, 0.5) is 17.6 Å². The molecule has 0 atom stereocenters. The van der Waals surface area contributed by atoms with Crippen LogP contribution in [0.25, 0.3) is 10.9 Å². The SMILES string of the molecule is Cc1c(C(=O)NCc2cccc(F)c2)c(=O)n(C)c2cc(C(F)(F)F)ccc12. The van der Waals surface area contributed by atoms with Crippen LogP contribution in [0.3, 0.4) is 0 Å². The van der Waals surface area contributed by atoms with E-state index in [0.717, 1.165) is 16.7 Å². The second-order valence-corrected chi connectivity index (χ2v) is 6.41. The maximum absolute atomic E-state index is 13.2. The van der Waals surface area contributed by atoms with Gasteiger partial charge in [-0.2, -0.15) is 13.2 Å². The number of hydrogen-bond acceptors (Lipinski definition) is 2. The lowest BCUT2D eigenvalue weighted by molar-refractivity contribution is -0.137. The Hall–Kier alpha value is -3.16. The summed E-state index contributed by atoms with van der Waals surface area (Å²) in [6, 6.07) is 8.68. The number of fused-ring (bicyclic) bond motifs is 1. The molecule has 0 saturated carbocycles. The minimum absolute atomic E-state index is 0.00420. The normalized spacial score (nSPS) is 11.6. The molecule has 4 nitrogen and oxygen atoms in total. The molecule has 0 spiro atoms. The summed E-state index contributed by atoms with van der Waals surface area (Å²) in [6.45, 7) is 1.51. The predicted octanol–water partition coefficient (Wildman–Crippen LogP) is 3.93. The average molecular weight is 392 g/mol. The molecule has 28 heavy (non-hydrogen) atoms. The van der Waals surface area contributed by atoms with Gasteiger partial charge in [0.05, 0.1) is 11.1 Å². The third kappa shape index (κ3) is 3.62. The number of benzene rings is 2. The number of aryl methyl sites for hydroxylation is 2. The summed E-state index contributed by atoms with van der Waals surface area (Å²) in [5.74, 6) is -1.13. The van der Waals surface area contributed by atoms with Gasteiger partial charge in [-0.1, -0.05) is 18.2 Å². The van der Waals surface area contributed by atoms with Gasteiger partial charge in [-0.3, -0.25) is 9.59 Å². The van der Waals surface area contributed by atoms with Crippen molar-refractivity contribution in [1.82, 2.24) is 9.88 Å². The van der Waals surface area contributed by atoms with E-state index in [1.54, 1.807) is 6.07 Å². The van der Waals surface area contributed by atoms with Crippen LogP contribution in [0.15, 0.2) is 47.3 Å². The number of aromatic nitrogens is 1. The monoisotopic (exact) mass is 392 g/mol. The topological polar surface area (TPSA) is 51.1 Å². The standard InChI is InChI=1S/C20H16F4N2O2/c1-11-15-7-6-13(20(22,23)24)9-16(15)26(2)19(28)17(11)18(27)25-10-12-4-3-5-14(21)8-12/h3-9H,10H2,1-2H3,(H,25,27). The van der Waals surface area contributed by atoms with Crippen molar-refractivity contribution in [2.45, 2.75) is 19.6 Å². The quantitative estimate of drug-likeness (QED) is 0.687. The maximum atomic E-state index is 13.2. The van der Waals surface area contributed by atoms with Crippen LogP contribution in [0.2, 0.25) is 0 Å². The van der Waals surface area contributed by atoms with Crippen LogP contribution in [-0.2, 0) is 19.8 Å². The number of halogens is 4. The Morgan fingerprint density at radius 3 is 2.50 bits per heavy atom. The molecular formula is C20H16F4N2O2. The van der Waals surface area contributed by atoms with Crippen molar-refractivity contribution in [1.29, 1.82) is 0 Å². The van der Waals surface area contributed by atoms with Crippen molar-refractivity contribution < 1.29 is 22.4 Å². The van der Waals surface area contributed by atoms with Crippen LogP contribution in [0.5, 0.6) is 0 Å². The smallest absolute Gasteiger partial charge is 0.348 e. The molecule has 1 amide bonds. The lowest BCUT2D eigenvalue weighted by Crippen LogP contribution is -2.33. The zero-order valence-electron chi connectivity index (χ0n) is 15.0. The van der Waals surface area contributed by atoms with Crippen molar-refractivity contribution in [3.63, 3.8) is 0 Å². The molecule has 0 fully saturated rings. The van der Waals surface area contributed by atoms with Gasteiger partial charge in [0, 0.05) is 19.0 Å². The summed E-state index contributed by atoms with van der Waals surface area (Å²) >= 11 is 0. The van der Waals surface area contributed by atoms with E-state index < -0.39 is 29.0 Å². The largest absolute Gasteiger partial charge is 0.416 e. The average Bonchev–Trinajstić information content (AvgIpc) is 2.63. The second-order valence-electron chi connectivity index (χ2n) is 6.41. The molecule has 1 N–H and O–H groups in total. The third-order valence-electron chi connectivity index (χ3n) is 4.55. The zero-order chi connectivity index (χ0) is 20.6. The highest BCUT2D eigenvalue weighted by molar-refractivity contribution is 6.00. The lowest BCUT2D eigenvalue weighted by atomic mass is 10.0. The molecule has 2 aromatic carbocycles. The molecule has 1 heterocycles. The third-order valence-corrected chi connectivity index (χ3v) is 4.55. The molecule has 1 aromatic heterocycles. The van der Waals surface area contributed by atoms with Crippen LogP contribution < -0.4 is 10.9 Å². The van der Waals surface area contributed by atoms with Crippen molar-refractivity contribution >= 4 is 16.8 Å². The maximum Gasteiger partial charge on any atom is 0.416 e. The highest BCUT2D eigenvalue weighted by Crippen LogP contribution is 2.32. The minimum Gasteiger partial charge on any atom is -0.348 e. The van der Waals surface area contributed by atoms with E-state index in [4.69, 9.17) is 0 Å². The number of nitrogens with zero attached hydrogens (tertiary/aromatic N) is 1. The van der Waals surface area contributed by atoms with E-state index in [0.29, 0.717) is 10.9 Å². The van der Waals surface area contributed by atoms with Crippen LogP contribution in [0.1, 0.15) is 27.0 Å². The van der Waals surface area contributed by atoms with Gasteiger partial charge < -0.3 is 9.88 Å². The first-order chi connectivity index (χ1) is 13.1. The van der Waals surface area contributed by atoms with Crippen molar-refractivity contribution in [3.8, 4) is 0 Å². The van der Waals surface area contributed by atoms with Gasteiger partial charge in [0.25, 0.3) is 11.5 Å². The van der Waals surface area contributed by atoms with E-state index in [1.807, 2.05) is 0 Å². The Labute approximate surface area is 157 Å². The number of carbonyl (C=O) groups is 1. The summed E-state index contributed by atoms with van der Waals surface area (Å²) in [7, 11) is 1.31.